The van der Waals surface area contributed by atoms with Gasteiger partial charge >= 0.3 is 0 Å². The maximum absolute atomic E-state index is 16.6. The number of hydrogen-bond donors (Lipinski definition) is 2. The van der Waals surface area contributed by atoms with Gasteiger partial charge in [-0.05, 0) is 71.9 Å². The summed E-state index contributed by atoms with van der Waals surface area (Å²) in [5.74, 6) is -0.627. The molecule has 40 heavy (non-hydrogen) atoms. The zero-order valence-corrected chi connectivity index (χ0v) is 21.9. The van der Waals surface area contributed by atoms with Gasteiger partial charge in [0, 0.05) is 34.8 Å². The standard InChI is InChI=1S/C33H27F3N4/c1-17-18-7-10-20(11-8-18)29(17)39-33-28(36)27(22-12-9-19-5-3-4-6-21(19)13-22)32(37-2)31(40-33)25-16-38-30-24(25)14-23(34)15-26(30)35/h3-6,9,12-18,20,29,38H,7-8,10-11H2,1H3,(H,39,40)/t17-,18?,20?,29+/m1/s1. The molecule has 0 saturated heterocycles. The summed E-state index contributed by atoms with van der Waals surface area (Å²) in [5.41, 5.74) is 1.33. The Bertz CT molecular complexity index is 1830. The first kappa shape index (κ1) is 24.7. The summed E-state index contributed by atoms with van der Waals surface area (Å²) in [7, 11) is 0. The van der Waals surface area contributed by atoms with Crippen LogP contribution in [-0.4, -0.2) is 16.0 Å². The van der Waals surface area contributed by atoms with E-state index < -0.39 is 17.5 Å². The van der Waals surface area contributed by atoms with Gasteiger partial charge in [-0.1, -0.05) is 43.3 Å². The van der Waals surface area contributed by atoms with E-state index in [1.54, 1.807) is 0 Å². The number of nitrogens with one attached hydrogen (secondary N) is 2. The number of hydrogen-bond acceptors (Lipinski definition) is 2. The number of anilines is 1. The number of aromatic amines is 1. The summed E-state index contributed by atoms with van der Waals surface area (Å²) < 4.78 is 45.5. The monoisotopic (exact) mass is 536 g/mol. The molecule has 0 spiro atoms. The Morgan fingerprint density at radius 3 is 2.45 bits per heavy atom. The fraction of sp³-hybridized carbons (Fsp3) is 0.273. The number of halogens is 3. The number of rotatable bonds is 4. The number of benzene rings is 3. The second-order valence-corrected chi connectivity index (χ2v) is 11.2. The van der Waals surface area contributed by atoms with Gasteiger partial charge in [-0.3, -0.25) is 0 Å². The maximum atomic E-state index is 16.6. The van der Waals surface area contributed by atoms with Gasteiger partial charge in [0.15, 0.2) is 11.6 Å². The van der Waals surface area contributed by atoms with Crippen LogP contribution >= 0.6 is 0 Å². The molecule has 5 aromatic rings. The van der Waals surface area contributed by atoms with E-state index in [9.17, 15) is 8.78 Å². The van der Waals surface area contributed by atoms with Gasteiger partial charge in [0.1, 0.15) is 11.6 Å². The molecule has 0 radical (unpaired) electrons. The van der Waals surface area contributed by atoms with E-state index in [-0.39, 0.29) is 39.7 Å². The summed E-state index contributed by atoms with van der Waals surface area (Å²) >= 11 is 0. The zero-order chi connectivity index (χ0) is 27.5. The molecule has 7 heteroatoms. The Labute approximate surface area is 230 Å². The van der Waals surface area contributed by atoms with Gasteiger partial charge in [0.2, 0.25) is 5.69 Å². The van der Waals surface area contributed by atoms with Crippen molar-refractivity contribution in [3.8, 4) is 22.4 Å². The highest BCUT2D eigenvalue weighted by Gasteiger charge is 2.42. The molecule has 3 aromatic carbocycles. The molecule has 0 aliphatic heterocycles. The van der Waals surface area contributed by atoms with Crippen LogP contribution in [0.2, 0.25) is 0 Å². The molecule has 2 N–H and O–H groups in total. The molecule has 3 aliphatic rings. The third kappa shape index (κ3) is 3.85. The number of pyridine rings is 1. The molecule has 3 aliphatic carbocycles. The zero-order valence-electron chi connectivity index (χ0n) is 21.9. The van der Waals surface area contributed by atoms with E-state index in [0.717, 1.165) is 29.7 Å². The summed E-state index contributed by atoms with van der Waals surface area (Å²) in [6.45, 7) is 10.3. The Balaban J connectivity index is 1.47. The van der Waals surface area contributed by atoms with Gasteiger partial charge in [0.25, 0.3) is 0 Å². The molecule has 4 nitrogen and oxygen atoms in total. The lowest BCUT2D eigenvalue weighted by Gasteiger charge is -2.47. The van der Waals surface area contributed by atoms with Crippen molar-refractivity contribution >= 4 is 33.2 Å². The SMILES string of the molecule is [C-]#[N+]c1c(-c2c[nH]c3c(F)cc(F)cc23)nc(N[C@@H]2C3CCC(CC3)[C@H]2C)c(F)c1-c1ccc2ccccc2c1. The van der Waals surface area contributed by atoms with Crippen molar-refractivity contribution in [2.45, 2.75) is 38.6 Å². The minimum atomic E-state index is -0.743. The minimum absolute atomic E-state index is 0.00196. The summed E-state index contributed by atoms with van der Waals surface area (Å²) in [5, 5.41) is 5.62. The average molecular weight is 537 g/mol. The normalized spacial score (nSPS) is 22.1. The Kier molecular flexibility index (Phi) is 5.81. The van der Waals surface area contributed by atoms with Crippen LogP contribution in [0.1, 0.15) is 32.6 Å². The van der Waals surface area contributed by atoms with Crippen LogP contribution < -0.4 is 5.32 Å². The first-order chi connectivity index (χ1) is 19.4. The topological polar surface area (TPSA) is 45.1 Å². The fourth-order valence-corrected chi connectivity index (χ4v) is 7.07. The van der Waals surface area contributed by atoms with Crippen molar-refractivity contribution < 1.29 is 13.2 Å². The van der Waals surface area contributed by atoms with E-state index in [1.165, 1.54) is 25.1 Å². The van der Waals surface area contributed by atoms with Crippen molar-refractivity contribution in [3.05, 3.63) is 89.7 Å². The Morgan fingerprint density at radius 1 is 0.950 bits per heavy atom. The minimum Gasteiger partial charge on any atom is -0.364 e. The third-order valence-corrected chi connectivity index (χ3v) is 9.16. The highest BCUT2D eigenvalue weighted by atomic mass is 19.1. The van der Waals surface area contributed by atoms with E-state index in [2.05, 4.69) is 22.1 Å². The van der Waals surface area contributed by atoms with Crippen LogP contribution in [0.3, 0.4) is 0 Å². The van der Waals surface area contributed by atoms with E-state index in [4.69, 9.17) is 11.6 Å². The first-order valence-electron chi connectivity index (χ1n) is 13.8. The van der Waals surface area contributed by atoms with E-state index in [0.29, 0.717) is 28.9 Å². The van der Waals surface area contributed by atoms with Gasteiger partial charge in [-0.2, -0.15) is 0 Å². The highest BCUT2D eigenvalue weighted by Crippen LogP contribution is 2.48. The molecule has 2 aromatic heterocycles. The largest absolute Gasteiger partial charge is 0.364 e. The van der Waals surface area contributed by atoms with E-state index in [1.807, 2.05) is 42.5 Å². The molecule has 2 bridgehead atoms. The van der Waals surface area contributed by atoms with Gasteiger partial charge < -0.3 is 10.3 Å². The number of fused-ring (bicyclic) bond motifs is 5. The molecule has 0 amide bonds. The summed E-state index contributed by atoms with van der Waals surface area (Å²) in [4.78, 5) is 11.3. The van der Waals surface area contributed by atoms with Crippen molar-refractivity contribution in [1.29, 1.82) is 0 Å². The molecule has 8 rings (SSSR count). The third-order valence-electron chi connectivity index (χ3n) is 9.16. The van der Waals surface area contributed by atoms with Gasteiger partial charge in [-0.15, -0.1) is 0 Å². The maximum Gasteiger partial charge on any atom is 0.223 e. The van der Waals surface area contributed by atoms with Crippen LogP contribution in [0.15, 0.2) is 60.8 Å². The van der Waals surface area contributed by atoms with Crippen LogP contribution in [0.25, 0.3) is 48.9 Å². The van der Waals surface area contributed by atoms with Crippen LogP contribution in [0, 0.1) is 41.8 Å². The molecular weight excluding hydrogens is 509 g/mol. The van der Waals surface area contributed by atoms with Crippen LogP contribution in [0.4, 0.5) is 24.7 Å². The smallest absolute Gasteiger partial charge is 0.223 e. The van der Waals surface area contributed by atoms with Crippen molar-refractivity contribution in [2.24, 2.45) is 17.8 Å². The molecule has 3 fully saturated rings. The van der Waals surface area contributed by atoms with Crippen molar-refractivity contribution in [3.63, 3.8) is 0 Å². The number of H-pyrrole nitrogens is 1. The molecule has 2 heterocycles. The van der Waals surface area contributed by atoms with Crippen LogP contribution in [0.5, 0.6) is 0 Å². The van der Waals surface area contributed by atoms with E-state index >= 15 is 4.39 Å². The molecular formula is C33H27F3N4. The van der Waals surface area contributed by atoms with Crippen molar-refractivity contribution in [2.75, 3.05) is 5.32 Å². The first-order valence-corrected chi connectivity index (χ1v) is 13.8. The van der Waals surface area contributed by atoms with Gasteiger partial charge in [-0.25, -0.2) is 23.0 Å². The molecule has 2 atom stereocenters. The number of aromatic nitrogens is 2. The lowest BCUT2D eigenvalue weighted by Crippen LogP contribution is -2.47. The quantitative estimate of drug-likeness (QED) is 0.225. The van der Waals surface area contributed by atoms with Crippen LogP contribution in [-0.2, 0) is 0 Å². The molecule has 200 valence electrons. The van der Waals surface area contributed by atoms with Gasteiger partial charge in [0.05, 0.1) is 17.8 Å². The Morgan fingerprint density at radius 2 is 1.70 bits per heavy atom. The molecule has 0 unspecified atom stereocenters. The lowest BCUT2D eigenvalue weighted by molar-refractivity contribution is 0.0926. The molecule has 3 saturated carbocycles. The number of nitrogens with zero attached hydrogens (tertiary/aromatic N) is 2. The second kappa shape index (κ2) is 9.41. The average Bonchev–Trinajstić information content (AvgIpc) is 3.39. The highest BCUT2D eigenvalue weighted by molar-refractivity contribution is 6.02. The fourth-order valence-electron chi connectivity index (χ4n) is 7.07. The Hall–Kier alpha value is -4.31. The lowest BCUT2D eigenvalue weighted by atomic mass is 9.62. The predicted octanol–water partition coefficient (Wildman–Crippen LogP) is 9.25. The van der Waals surface area contributed by atoms with Crippen molar-refractivity contribution in [1.82, 2.24) is 9.97 Å². The second-order valence-electron chi connectivity index (χ2n) is 11.2. The summed E-state index contributed by atoms with van der Waals surface area (Å²) in [6.07, 6.45) is 6.09. The summed E-state index contributed by atoms with van der Waals surface area (Å²) in [6, 6.07) is 15.4. The predicted molar refractivity (Wildman–Crippen MR) is 153 cm³/mol.